The van der Waals surface area contributed by atoms with Gasteiger partial charge in [0.25, 0.3) is 5.91 Å². The molecule has 1 heterocycles. The van der Waals surface area contributed by atoms with E-state index in [1.165, 1.54) is 24.3 Å². The van der Waals surface area contributed by atoms with Gasteiger partial charge in [-0.3, -0.25) is 9.59 Å². The fraction of sp³-hybridized carbons (Fsp3) is 0.556. The Kier molecular flexibility index (Phi) is 8.32. The average Bonchev–Trinajstić information content (AvgIpc) is 2.54. The smallest absolute Gasteiger partial charge is 0.251 e. The van der Waals surface area contributed by atoms with Crippen molar-refractivity contribution in [2.24, 2.45) is 5.92 Å². The molecule has 7 heteroatoms. The lowest BCUT2D eigenvalue weighted by Crippen LogP contribution is -2.57. The molecule has 140 valence electrons. The summed E-state index contributed by atoms with van der Waals surface area (Å²) in [7, 11) is 0. The van der Waals surface area contributed by atoms with Crippen LogP contribution in [0.4, 0.5) is 4.39 Å². The monoisotopic (exact) mass is 371 g/mol. The topological polar surface area (TPSA) is 70.2 Å². The van der Waals surface area contributed by atoms with Crippen molar-refractivity contribution in [3.8, 4) is 0 Å². The van der Waals surface area contributed by atoms with E-state index in [0.29, 0.717) is 5.56 Å². The first-order valence-corrected chi connectivity index (χ1v) is 8.48. The fourth-order valence-corrected chi connectivity index (χ4v) is 2.87. The number of carbonyl (C=O) groups is 2. The molecule has 2 amide bonds. The van der Waals surface area contributed by atoms with Gasteiger partial charge < -0.3 is 16.0 Å². The molecule has 2 rings (SSSR count). The molecule has 1 aromatic rings. The van der Waals surface area contributed by atoms with Crippen molar-refractivity contribution in [1.29, 1.82) is 0 Å². The highest BCUT2D eigenvalue weighted by molar-refractivity contribution is 5.97. The first kappa shape index (κ1) is 21.4. The van der Waals surface area contributed by atoms with Gasteiger partial charge in [0.15, 0.2) is 0 Å². The van der Waals surface area contributed by atoms with Gasteiger partial charge in [-0.05, 0) is 56.5 Å². The standard InChI is InChI=1S/C18H26FN3O2.ClH/c1-11(2)16(18(24)21-15-5-4-10-20-12(15)3)22-17(23)13-6-8-14(19)9-7-13;/h6-9,11-12,15-16,20H,4-5,10H2,1-3H3,(H,21,24)(H,22,23);1H. The van der Waals surface area contributed by atoms with Crippen molar-refractivity contribution in [3.05, 3.63) is 35.6 Å². The third-order valence-electron chi connectivity index (χ3n) is 4.43. The number of piperidine rings is 1. The summed E-state index contributed by atoms with van der Waals surface area (Å²) in [5.74, 6) is -1.01. The van der Waals surface area contributed by atoms with Gasteiger partial charge in [-0.2, -0.15) is 0 Å². The lowest BCUT2D eigenvalue weighted by Gasteiger charge is -2.32. The maximum absolute atomic E-state index is 13.0. The number of benzene rings is 1. The first-order chi connectivity index (χ1) is 11.4. The Hall–Kier alpha value is -1.66. The molecule has 0 spiro atoms. The zero-order chi connectivity index (χ0) is 17.7. The van der Waals surface area contributed by atoms with Crippen LogP contribution in [0, 0.1) is 11.7 Å². The molecule has 3 N–H and O–H groups in total. The molecule has 5 nitrogen and oxygen atoms in total. The van der Waals surface area contributed by atoms with E-state index in [2.05, 4.69) is 16.0 Å². The molecule has 25 heavy (non-hydrogen) atoms. The highest BCUT2D eigenvalue weighted by Gasteiger charge is 2.29. The minimum Gasteiger partial charge on any atom is -0.350 e. The van der Waals surface area contributed by atoms with Crippen LogP contribution in [-0.4, -0.2) is 36.5 Å². The third-order valence-corrected chi connectivity index (χ3v) is 4.43. The van der Waals surface area contributed by atoms with Crippen LogP contribution in [0.2, 0.25) is 0 Å². The summed E-state index contributed by atoms with van der Waals surface area (Å²) >= 11 is 0. The van der Waals surface area contributed by atoms with Crippen LogP contribution in [0.1, 0.15) is 44.0 Å². The van der Waals surface area contributed by atoms with Gasteiger partial charge in [-0.15, -0.1) is 12.4 Å². The van der Waals surface area contributed by atoms with E-state index in [4.69, 9.17) is 0 Å². The molecule has 0 aromatic heterocycles. The van der Waals surface area contributed by atoms with Crippen molar-refractivity contribution in [2.75, 3.05) is 6.54 Å². The summed E-state index contributed by atoms with van der Waals surface area (Å²) in [4.78, 5) is 24.9. The summed E-state index contributed by atoms with van der Waals surface area (Å²) in [6, 6.07) is 4.93. The Morgan fingerprint density at radius 2 is 1.88 bits per heavy atom. The minimum absolute atomic E-state index is 0. The Morgan fingerprint density at radius 1 is 1.24 bits per heavy atom. The second-order valence-corrected chi connectivity index (χ2v) is 6.70. The van der Waals surface area contributed by atoms with E-state index in [9.17, 15) is 14.0 Å². The van der Waals surface area contributed by atoms with Gasteiger partial charge in [0.05, 0.1) is 0 Å². The molecule has 1 aliphatic rings. The molecule has 0 saturated carbocycles. The third kappa shape index (κ3) is 5.97. The average molecular weight is 372 g/mol. The van der Waals surface area contributed by atoms with Gasteiger partial charge in [0.1, 0.15) is 11.9 Å². The molecule has 0 bridgehead atoms. The summed E-state index contributed by atoms with van der Waals surface area (Å²) in [6.07, 6.45) is 1.94. The molecule has 1 saturated heterocycles. The number of amides is 2. The molecule has 0 radical (unpaired) electrons. The van der Waals surface area contributed by atoms with Crippen molar-refractivity contribution in [2.45, 2.75) is 51.7 Å². The van der Waals surface area contributed by atoms with E-state index in [0.717, 1.165) is 19.4 Å². The minimum atomic E-state index is -0.628. The van der Waals surface area contributed by atoms with E-state index in [-0.39, 0.29) is 42.2 Å². The Balaban J connectivity index is 0.00000312. The molecular formula is C18H27ClFN3O2. The summed E-state index contributed by atoms with van der Waals surface area (Å²) in [5.41, 5.74) is 0.336. The van der Waals surface area contributed by atoms with Gasteiger partial charge in [-0.25, -0.2) is 4.39 Å². The van der Waals surface area contributed by atoms with Crippen LogP contribution >= 0.6 is 12.4 Å². The lowest BCUT2D eigenvalue weighted by molar-refractivity contribution is -0.125. The van der Waals surface area contributed by atoms with Gasteiger partial charge >= 0.3 is 0 Å². The largest absolute Gasteiger partial charge is 0.350 e. The van der Waals surface area contributed by atoms with E-state index >= 15 is 0 Å². The molecular weight excluding hydrogens is 345 g/mol. The fourth-order valence-electron chi connectivity index (χ4n) is 2.87. The zero-order valence-corrected chi connectivity index (χ0v) is 15.7. The number of carbonyl (C=O) groups excluding carboxylic acids is 2. The predicted molar refractivity (Wildman–Crippen MR) is 98.4 cm³/mol. The number of hydrogen-bond acceptors (Lipinski definition) is 3. The van der Waals surface area contributed by atoms with Gasteiger partial charge in [0, 0.05) is 17.6 Å². The Bertz CT molecular complexity index is 580. The SMILES string of the molecule is CC(C)C(NC(=O)c1ccc(F)cc1)C(=O)NC1CCCNC1C.Cl. The second-order valence-electron chi connectivity index (χ2n) is 6.70. The van der Waals surface area contributed by atoms with E-state index in [1.807, 2.05) is 20.8 Å². The highest BCUT2D eigenvalue weighted by Crippen LogP contribution is 2.11. The lowest BCUT2D eigenvalue weighted by atomic mass is 9.97. The van der Waals surface area contributed by atoms with Crippen molar-refractivity contribution < 1.29 is 14.0 Å². The molecule has 1 aliphatic heterocycles. The summed E-state index contributed by atoms with van der Waals surface area (Å²) in [5, 5.41) is 9.14. The molecule has 3 unspecified atom stereocenters. The van der Waals surface area contributed by atoms with Crippen LogP contribution in [0.5, 0.6) is 0 Å². The second kappa shape index (κ2) is 9.73. The number of rotatable bonds is 5. The molecule has 3 atom stereocenters. The van der Waals surface area contributed by atoms with Crippen LogP contribution in [0.15, 0.2) is 24.3 Å². The maximum atomic E-state index is 13.0. The van der Waals surface area contributed by atoms with Crippen LogP contribution in [0.25, 0.3) is 0 Å². The van der Waals surface area contributed by atoms with Crippen molar-refractivity contribution in [3.63, 3.8) is 0 Å². The maximum Gasteiger partial charge on any atom is 0.251 e. The number of halogens is 2. The summed E-state index contributed by atoms with van der Waals surface area (Å²) in [6.45, 7) is 6.78. The predicted octanol–water partition coefficient (Wildman–Crippen LogP) is 2.26. The summed E-state index contributed by atoms with van der Waals surface area (Å²) < 4.78 is 13.0. The number of hydrogen-bond donors (Lipinski definition) is 3. The van der Waals surface area contributed by atoms with Gasteiger partial charge in [-0.1, -0.05) is 13.8 Å². The van der Waals surface area contributed by atoms with Crippen LogP contribution in [-0.2, 0) is 4.79 Å². The quantitative estimate of drug-likeness (QED) is 0.743. The van der Waals surface area contributed by atoms with Crippen LogP contribution < -0.4 is 16.0 Å². The molecule has 1 fully saturated rings. The number of nitrogens with one attached hydrogen (secondary N) is 3. The molecule has 1 aromatic carbocycles. The van der Waals surface area contributed by atoms with Crippen molar-refractivity contribution >= 4 is 24.2 Å². The normalized spacial score (nSPS) is 21.2. The van der Waals surface area contributed by atoms with E-state index < -0.39 is 11.9 Å². The van der Waals surface area contributed by atoms with Crippen molar-refractivity contribution in [1.82, 2.24) is 16.0 Å². The first-order valence-electron chi connectivity index (χ1n) is 8.48. The molecule has 0 aliphatic carbocycles. The Labute approximate surface area is 154 Å². The van der Waals surface area contributed by atoms with Gasteiger partial charge in [0.2, 0.25) is 5.91 Å². The highest BCUT2D eigenvalue weighted by atomic mass is 35.5. The Morgan fingerprint density at radius 3 is 2.44 bits per heavy atom. The zero-order valence-electron chi connectivity index (χ0n) is 14.8. The van der Waals surface area contributed by atoms with Crippen LogP contribution in [0.3, 0.4) is 0 Å². The van der Waals surface area contributed by atoms with E-state index in [1.54, 1.807) is 0 Å².